The van der Waals surface area contributed by atoms with E-state index in [0.717, 1.165) is 60.0 Å². The van der Waals surface area contributed by atoms with Crippen molar-refractivity contribution in [2.45, 2.75) is 84.3 Å². The van der Waals surface area contributed by atoms with E-state index >= 15 is 0 Å². The van der Waals surface area contributed by atoms with Gasteiger partial charge < -0.3 is 72.0 Å². The molecular formula is C48H71N11O9. The Morgan fingerprint density at radius 1 is 0.912 bits per heavy atom. The number of carbonyl (C=O) groups is 4. The summed E-state index contributed by atoms with van der Waals surface area (Å²) < 4.78 is 25.4. The molecule has 0 aliphatic carbocycles. The number of rotatable bonds is 31. The number of carboxylic acids is 1. The van der Waals surface area contributed by atoms with Gasteiger partial charge in [-0.2, -0.15) is 0 Å². The molecule has 3 heterocycles. The highest BCUT2D eigenvalue weighted by Crippen LogP contribution is 2.32. The van der Waals surface area contributed by atoms with E-state index in [1.807, 2.05) is 18.2 Å². The van der Waals surface area contributed by atoms with Gasteiger partial charge >= 0.3 is 5.97 Å². The minimum absolute atomic E-state index is 0.0790. The summed E-state index contributed by atoms with van der Waals surface area (Å²) in [5, 5.41) is 22.2. The number of hydrogen-bond acceptors (Lipinski definition) is 15. The van der Waals surface area contributed by atoms with Crippen molar-refractivity contribution in [3.8, 4) is 0 Å². The van der Waals surface area contributed by atoms with Crippen molar-refractivity contribution in [3.05, 3.63) is 71.4 Å². The van der Waals surface area contributed by atoms with Crippen molar-refractivity contribution in [2.24, 2.45) is 16.9 Å². The summed E-state index contributed by atoms with van der Waals surface area (Å²) in [6, 6.07) is 13.2. The van der Waals surface area contributed by atoms with Crippen molar-refractivity contribution < 1.29 is 43.2 Å². The van der Waals surface area contributed by atoms with E-state index in [0.29, 0.717) is 90.4 Å². The van der Waals surface area contributed by atoms with Crippen LogP contribution in [0, 0.1) is 5.41 Å². The van der Waals surface area contributed by atoms with Gasteiger partial charge in [0.15, 0.2) is 5.82 Å². The average Bonchev–Trinajstić information content (AvgIpc) is 3.66. The number of fused-ring (bicyclic) bond motifs is 3. The molecule has 3 amide bonds. The number of amides is 3. The molecule has 372 valence electrons. The number of benzene rings is 2. The standard InChI is InChI=1S/C48H71N11O9/c1-5-6-13-38-57-40-41(35-11-7-8-12-36(35)55-43(40)49)59(38)30-48(2,3)31-68-23-10-22-66-25-27-67-26-24-65-21-9-20-52-39(60)19-18-37(47(63)64)56-46(62)32-14-16-33(17-15-32)53-28-34-29-54-44(50)42(45(51)61)58(34)4/h7-8,11-12,14-17,34,37,53-54H,5-6,9-10,13,18-31,50H2,1-4H3,(H2,49,55)(H2,51,61)(H,52,60)(H,56,62)(H,63,64). The van der Waals surface area contributed by atoms with Crippen LogP contribution in [0.1, 0.15) is 75.5 Å². The predicted octanol–water partition coefficient (Wildman–Crippen LogP) is 3.09. The van der Waals surface area contributed by atoms with E-state index in [4.69, 9.17) is 41.1 Å². The molecule has 1 aliphatic heterocycles. The van der Waals surface area contributed by atoms with Gasteiger partial charge in [-0.1, -0.05) is 45.4 Å². The number of aromatic nitrogens is 3. The smallest absolute Gasteiger partial charge is 0.326 e. The minimum Gasteiger partial charge on any atom is -0.480 e. The van der Waals surface area contributed by atoms with Crippen molar-refractivity contribution in [1.82, 2.24) is 35.4 Å². The molecule has 2 unspecified atom stereocenters. The number of pyridine rings is 1. The van der Waals surface area contributed by atoms with Gasteiger partial charge in [-0.15, -0.1) is 0 Å². The number of nitrogens with two attached hydrogens (primary N) is 3. The summed E-state index contributed by atoms with van der Waals surface area (Å²) in [7, 11) is 1.73. The summed E-state index contributed by atoms with van der Waals surface area (Å²) in [5.41, 5.74) is 21.4. The number of nitrogens with zero attached hydrogens (tertiary/aromatic N) is 4. The molecule has 0 fully saturated rings. The Morgan fingerprint density at radius 3 is 2.28 bits per heavy atom. The number of aryl methyl sites for hydroxylation is 1. The quantitative estimate of drug-likeness (QED) is 0.0337. The fourth-order valence-corrected chi connectivity index (χ4v) is 7.80. The molecule has 0 radical (unpaired) electrons. The van der Waals surface area contributed by atoms with Crippen LogP contribution in [0.2, 0.25) is 0 Å². The molecule has 0 saturated heterocycles. The average molecular weight is 946 g/mol. The van der Waals surface area contributed by atoms with Crippen molar-refractivity contribution in [3.63, 3.8) is 0 Å². The van der Waals surface area contributed by atoms with Gasteiger partial charge in [0.25, 0.3) is 11.8 Å². The second-order valence-electron chi connectivity index (χ2n) is 17.7. The number of imidazole rings is 1. The van der Waals surface area contributed by atoms with Crippen LogP contribution >= 0.6 is 0 Å². The number of hydrogen-bond donors (Lipinski definition) is 8. The first-order valence-corrected chi connectivity index (χ1v) is 23.4. The van der Waals surface area contributed by atoms with Crippen LogP contribution in [-0.4, -0.2) is 140 Å². The lowest BCUT2D eigenvalue weighted by Crippen LogP contribution is -2.53. The fraction of sp³-hybridized carbons (Fsp3) is 0.542. The van der Waals surface area contributed by atoms with Gasteiger partial charge in [-0.25, -0.2) is 14.8 Å². The van der Waals surface area contributed by atoms with Gasteiger partial charge in [0, 0.05) is 87.9 Å². The molecule has 0 saturated carbocycles. The van der Waals surface area contributed by atoms with Crippen LogP contribution in [0.3, 0.4) is 0 Å². The molecule has 20 nitrogen and oxygen atoms in total. The monoisotopic (exact) mass is 946 g/mol. The molecule has 68 heavy (non-hydrogen) atoms. The number of carboxylic acid groups (broad SMARTS) is 1. The van der Waals surface area contributed by atoms with Crippen LogP contribution in [-0.2, 0) is 46.3 Å². The summed E-state index contributed by atoms with van der Waals surface area (Å²) in [6.07, 6.45) is 4.16. The Kier molecular flexibility index (Phi) is 20.4. The van der Waals surface area contributed by atoms with Gasteiger partial charge in [0.05, 0.1) is 50.1 Å². The Hall–Kier alpha value is -6.22. The van der Waals surface area contributed by atoms with Crippen LogP contribution in [0.15, 0.2) is 60.0 Å². The molecule has 2 aromatic heterocycles. The molecule has 4 aromatic rings. The Labute approximate surface area is 398 Å². The predicted molar refractivity (Wildman–Crippen MR) is 260 cm³/mol. The largest absolute Gasteiger partial charge is 0.480 e. The maximum atomic E-state index is 12.9. The first-order chi connectivity index (χ1) is 32.7. The highest BCUT2D eigenvalue weighted by atomic mass is 16.5. The SMILES string of the molecule is CCCCc1nc2c(N)nc3ccccc3c2n1CC(C)(C)COCCCOCCOCCOCCCNC(=O)CCC(NC(=O)c1ccc(NCC2CNC(N)=C(C(N)=O)N2C)cc1)C(=O)O. The molecule has 1 aliphatic rings. The van der Waals surface area contributed by atoms with E-state index in [-0.39, 0.29) is 47.3 Å². The number of nitrogens with one attached hydrogen (secondary N) is 4. The van der Waals surface area contributed by atoms with Gasteiger partial charge in [-0.3, -0.25) is 14.4 Å². The molecule has 5 rings (SSSR count). The van der Waals surface area contributed by atoms with Crippen LogP contribution in [0.25, 0.3) is 21.9 Å². The highest BCUT2D eigenvalue weighted by molar-refractivity contribution is 6.06. The lowest BCUT2D eigenvalue weighted by Gasteiger charge is -2.36. The maximum Gasteiger partial charge on any atom is 0.326 e. The van der Waals surface area contributed by atoms with Crippen molar-refractivity contribution in [1.29, 1.82) is 0 Å². The summed E-state index contributed by atoms with van der Waals surface area (Å²) in [5.74, 6) is -1.06. The second-order valence-corrected chi connectivity index (χ2v) is 17.7. The summed E-state index contributed by atoms with van der Waals surface area (Å²) in [4.78, 5) is 60.2. The molecule has 2 atom stereocenters. The Balaban J connectivity index is 0.860. The number of primary amides is 1. The van der Waals surface area contributed by atoms with Gasteiger partial charge in [0.2, 0.25) is 5.91 Å². The third-order valence-electron chi connectivity index (χ3n) is 11.5. The lowest BCUT2D eigenvalue weighted by atomic mass is 9.94. The van der Waals surface area contributed by atoms with Crippen molar-refractivity contribution in [2.75, 3.05) is 90.6 Å². The van der Waals surface area contributed by atoms with Crippen LogP contribution in [0.4, 0.5) is 11.5 Å². The molecule has 11 N–H and O–H groups in total. The topological polar surface area (TPSA) is 286 Å². The summed E-state index contributed by atoms with van der Waals surface area (Å²) in [6.45, 7) is 12.5. The first-order valence-electron chi connectivity index (χ1n) is 23.4. The van der Waals surface area contributed by atoms with E-state index < -0.39 is 23.8 Å². The highest BCUT2D eigenvalue weighted by Gasteiger charge is 2.28. The van der Waals surface area contributed by atoms with Crippen molar-refractivity contribution >= 4 is 57.1 Å². The Bertz CT molecular complexity index is 2320. The normalized spacial score (nSPS) is 14.5. The number of para-hydroxylation sites is 1. The number of aliphatic carboxylic acids is 1. The van der Waals surface area contributed by atoms with Crippen LogP contribution < -0.4 is 38.5 Å². The fourth-order valence-electron chi connectivity index (χ4n) is 7.80. The number of anilines is 2. The third kappa shape index (κ3) is 15.7. The zero-order valence-corrected chi connectivity index (χ0v) is 39.9. The van der Waals surface area contributed by atoms with E-state index in [9.17, 15) is 24.3 Å². The summed E-state index contributed by atoms with van der Waals surface area (Å²) >= 11 is 0. The molecular weight excluding hydrogens is 875 g/mol. The number of unbranched alkanes of at least 4 members (excludes halogenated alkanes) is 1. The number of likely N-dealkylation sites (N-methyl/N-ethyl adjacent to an activating group) is 1. The van der Waals surface area contributed by atoms with E-state index in [1.54, 1.807) is 36.2 Å². The molecule has 2 aromatic carbocycles. The number of ether oxygens (including phenoxy) is 4. The van der Waals surface area contributed by atoms with E-state index in [1.165, 1.54) is 0 Å². The minimum atomic E-state index is -1.25. The van der Waals surface area contributed by atoms with E-state index in [2.05, 4.69) is 57.7 Å². The zero-order chi connectivity index (χ0) is 49.1. The molecule has 0 bridgehead atoms. The number of nitrogen functional groups attached to an aromatic ring is 1. The van der Waals surface area contributed by atoms with Gasteiger partial charge in [-0.05, 0) is 56.0 Å². The molecule has 20 heteroatoms. The number of carbonyl (C=O) groups excluding carboxylic acids is 3. The van der Waals surface area contributed by atoms with Gasteiger partial charge in [0.1, 0.15) is 28.9 Å². The first kappa shape index (κ1) is 52.7. The second kappa shape index (κ2) is 26.4. The third-order valence-corrected chi connectivity index (χ3v) is 11.5. The zero-order valence-electron chi connectivity index (χ0n) is 39.9. The lowest BCUT2D eigenvalue weighted by molar-refractivity contribution is -0.139. The maximum absolute atomic E-state index is 12.9. The Morgan fingerprint density at radius 2 is 1.59 bits per heavy atom. The molecule has 0 spiro atoms. The van der Waals surface area contributed by atoms with Crippen LogP contribution in [0.5, 0.6) is 0 Å².